The van der Waals surface area contributed by atoms with Gasteiger partial charge in [0, 0.05) is 78.9 Å². The summed E-state index contributed by atoms with van der Waals surface area (Å²) in [4.78, 5) is 26.0. The molecule has 70 heavy (non-hydrogen) atoms. The molecule has 0 spiro atoms. The van der Waals surface area contributed by atoms with Gasteiger partial charge in [-0.25, -0.2) is 24.9 Å². The van der Waals surface area contributed by atoms with E-state index < -0.39 is 0 Å². The van der Waals surface area contributed by atoms with Crippen molar-refractivity contribution >= 4 is 84.8 Å². The van der Waals surface area contributed by atoms with Crippen molar-refractivity contribution in [3.63, 3.8) is 0 Å². The molecule has 9 aromatic carbocycles. The maximum absolute atomic E-state index is 5.45. The minimum absolute atomic E-state index is 0.618. The van der Waals surface area contributed by atoms with Gasteiger partial charge in [0.2, 0.25) is 0 Å². The van der Waals surface area contributed by atoms with Crippen molar-refractivity contribution < 1.29 is 0 Å². The second kappa shape index (κ2) is 16.5. The first-order chi connectivity index (χ1) is 34.6. The van der Waals surface area contributed by atoms with Gasteiger partial charge in [-0.2, -0.15) is 0 Å². The summed E-state index contributed by atoms with van der Waals surface area (Å²) in [6.07, 6.45) is 0. The number of hydrogen-bond donors (Lipinski definition) is 0. The Labute approximate surface area is 410 Å². The fourth-order valence-corrected chi connectivity index (χ4v) is 12.1. The van der Waals surface area contributed by atoms with Crippen molar-refractivity contribution in [1.82, 2.24) is 24.9 Å². The summed E-state index contributed by atoms with van der Waals surface area (Å²) in [7, 11) is 0. The Morgan fingerprint density at radius 2 is 0.743 bits per heavy atom. The van der Waals surface area contributed by atoms with Gasteiger partial charge in [-0.3, -0.25) is 0 Å². The van der Waals surface area contributed by atoms with E-state index in [1.54, 1.807) is 11.3 Å². The van der Waals surface area contributed by atoms with Crippen LogP contribution in [0.2, 0.25) is 0 Å². The van der Waals surface area contributed by atoms with Crippen LogP contribution in [-0.2, 0) is 0 Å². The number of nitrogens with zero attached hydrogens (tertiary/aromatic N) is 5. The molecule has 0 aliphatic heterocycles. The van der Waals surface area contributed by atoms with Gasteiger partial charge in [-0.15, -0.1) is 22.7 Å². The lowest BCUT2D eigenvalue weighted by atomic mass is 9.92. The lowest BCUT2D eigenvalue weighted by molar-refractivity contribution is 1.07. The normalized spacial score (nSPS) is 11.7. The molecule has 5 heterocycles. The first-order valence-corrected chi connectivity index (χ1v) is 24.9. The number of rotatable bonds is 7. The second-order valence-electron chi connectivity index (χ2n) is 17.6. The van der Waals surface area contributed by atoms with Gasteiger partial charge in [-0.1, -0.05) is 158 Å². The summed E-state index contributed by atoms with van der Waals surface area (Å²) in [5.74, 6) is 1.89. The lowest BCUT2D eigenvalue weighted by Crippen LogP contribution is -2.00. The third-order valence-corrected chi connectivity index (χ3v) is 15.6. The molecular weight excluding hydrogens is 891 g/mol. The SMILES string of the molecule is c1ccc(-c2ccc3ccc4ccc(-c5cc(-c6ccc(-c7nc(-c8ccccc8)nc(-c8ccc9sc%10ccccc%10c9c8)n7)cc6)cc(-c6cccc7sc8ccccc8c67)c5)nc4c3n2)cc1. The van der Waals surface area contributed by atoms with Crippen LogP contribution in [0, 0.1) is 0 Å². The van der Waals surface area contributed by atoms with Gasteiger partial charge in [0.15, 0.2) is 17.5 Å². The monoisotopic (exact) mass is 927 g/mol. The highest BCUT2D eigenvalue weighted by molar-refractivity contribution is 7.26. The van der Waals surface area contributed by atoms with Crippen LogP contribution in [0.15, 0.2) is 224 Å². The number of aromatic nitrogens is 5. The second-order valence-corrected chi connectivity index (χ2v) is 19.8. The maximum atomic E-state index is 5.45. The van der Waals surface area contributed by atoms with Crippen molar-refractivity contribution in [2.45, 2.75) is 0 Å². The average molecular weight is 928 g/mol. The molecule has 5 nitrogen and oxygen atoms in total. The van der Waals surface area contributed by atoms with E-state index in [-0.39, 0.29) is 0 Å². The smallest absolute Gasteiger partial charge is 0.164 e. The Balaban J connectivity index is 0.915. The molecule has 0 radical (unpaired) electrons. The molecule has 0 N–H and O–H groups in total. The molecule has 5 aromatic heterocycles. The van der Waals surface area contributed by atoms with Gasteiger partial charge in [0.1, 0.15) is 0 Å². The Morgan fingerprint density at radius 3 is 1.46 bits per heavy atom. The molecule has 0 amide bonds. The zero-order chi connectivity index (χ0) is 46.1. The van der Waals surface area contributed by atoms with Crippen molar-refractivity contribution in [2.24, 2.45) is 0 Å². The van der Waals surface area contributed by atoms with Gasteiger partial charge in [0.25, 0.3) is 0 Å². The van der Waals surface area contributed by atoms with Crippen LogP contribution in [-0.4, -0.2) is 24.9 Å². The molecule has 326 valence electrons. The number of pyridine rings is 2. The third kappa shape index (κ3) is 7.02. The summed E-state index contributed by atoms with van der Waals surface area (Å²) in [5, 5.41) is 7.08. The zero-order valence-electron chi connectivity index (χ0n) is 37.4. The van der Waals surface area contributed by atoms with Crippen LogP contribution in [0.4, 0.5) is 0 Å². The molecule has 14 aromatic rings. The highest BCUT2D eigenvalue weighted by atomic mass is 32.1. The third-order valence-electron chi connectivity index (χ3n) is 13.3. The first-order valence-electron chi connectivity index (χ1n) is 23.3. The molecule has 0 aliphatic rings. The molecule has 0 fully saturated rings. The van der Waals surface area contributed by atoms with Crippen molar-refractivity contribution in [2.75, 3.05) is 0 Å². The minimum atomic E-state index is 0.618. The fraction of sp³-hybridized carbons (Fsp3) is 0. The average Bonchev–Trinajstić information content (AvgIpc) is 4.01. The first kappa shape index (κ1) is 40.3. The van der Waals surface area contributed by atoms with E-state index in [2.05, 4.69) is 200 Å². The summed E-state index contributed by atoms with van der Waals surface area (Å²) < 4.78 is 5.05. The van der Waals surface area contributed by atoms with Crippen LogP contribution in [0.5, 0.6) is 0 Å². The van der Waals surface area contributed by atoms with Crippen LogP contribution >= 0.6 is 22.7 Å². The molecule has 0 unspecified atom stereocenters. The van der Waals surface area contributed by atoms with Crippen LogP contribution in [0.3, 0.4) is 0 Å². The Hall–Kier alpha value is -8.75. The van der Waals surface area contributed by atoms with E-state index in [0.29, 0.717) is 17.5 Å². The Morgan fingerprint density at radius 1 is 0.257 bits per heavy atom. The number of hydrogen-bond acceptors (Lipinski definition) is 7. The topological polar surface area (TPSA) is 64.5 Å². The quantitative estimate of drug-likeness (QED) is 0.149. The fourth-order valence-electron chi connectivity index (χ4n) is 9.84. The molecule has 0 saturated carbocycles. The molecule has 0 saturated heterocycles. The molecule has 0 atom stereocenters. The van der Waals surface area contributed by atoms with Crippen molar-refractivity contribution in [1.29, 1.82) is 0 Å². The lowest BCUT2D eigenvalue weighted by Gasteiger charge is -2.14. The van der Waals surface area contributed by atoms with Crippen molar-refractivity contribution in [3.8, 4) is 78.9 Å². The number of benzene rings is 9. The standard InChI is InChI=1S/C63H37N5S2/c1-3-12-39(13-4-1)52-31-28-40-24-25-41-29-32-53(65-60(41)59(40)64-52)47-35-45(34-46(36-47)48-18-11-21-57-58(48)50-17-8-10-20-55(50)70-57)38-22-26-43(27-23-38)62-66-61(42-14-5-2-6-15-42)67-63(68-62)44-30-33-56-51(37-44)49-16-7-9-19-54(49)69-56/h1-37H. The molecule has 7 heteroatoms. The molecule has 14 rings (SSSR count). The molecule has 0 aliphatic carbocycles. The predicted molar refractivity (Wildman–Crippen MR) is 294 cm³/mol. The number of thiophene rings is 2. The summed E-state index contributed by atoms with van der Waals surface area (Å²) in [5.41, 5.74) is 12.9. The highest BCUT2D eigenvalue weighted by Crippen LogP contribution is 2.43. The van der Waals surface area contributed by atoms with Crippen LogP contribution in [0.25, 0.3) is 141 Å². The van der Waals surface area contributed by atoms with Crippen LogP contribution in [0.1, 0.15) is 0 Å². The predicted octanol–water partition coefficient (Wildman–Crippen LogP) is 17.4. The summed E-state index contributed by atoms with van der Waals surface area (Å²) in [6.45, 7) is 0. The van der Waals surface area contributed by atoms with Crippen LogP contribution < -0.4 is 0 Å². The minimum Gasteiger partial charge on any atom is -0.245 e. The molecule has 0 bridgehead atoms. The summed E-state index contributed by atoms with van der Waals surface area (Å²) >= 11 is 3.64. The van der Waals surface area contributed by atoms with Crippen molar-refractivity contribution in [3.05, 3.63) is 224 Å². The Bertz CT molecular complexity index is 4350. The van der Waals surface area contributed by atoms with Gasteiger partial charge >= 0.3 is 0 Å². The summed E-state index contributed by atoms with van der Waals surface area (Å²) in [6, 6.07) is 79.4. The highest BCUT2D eigenvalue weighted by Gasteiger charge is 2.18. The van der Waals surface area contributed by atoms with E-state index in [4.69, 9.17) is 24.9 Å². The Kier molecular flexibility index (Phi) is 9.50. The van der Waals surface area contributed by atoms with Gasteiger partial charge < -0.3 is 0 Å². The van der Waals surface area contributed by atoms with E-state index in [9.17, 15) is 0 Å². The van der Waals surface area contributed by atoms with E-state index in [0.717, 1.165) is 77.7 Å². The zero-order valence-corrected chi connectivity index (χ0v) is 39.0. The van der Waals surface area contributed by atoms with Gasteiger partial charge in [-0.05, 0) is 89.0 Å². The maximum Gasteiger partial charge on any atom is 0.164 e. The van der Waals surface area contributed by atoms with E-state index >= 15 is 0 Å². The number of fused-ring (bicyclic) bond motifs is 9. The largest absolute Gasteiger partial charge is 0.245 e. The van der Waals surface area contributed by atoms with E-state index in [1.807, 2.05) is 35.6 Å². The van der Waals surface area contributed by atoms with Gasteiger partial charge in [0.05, 0.1) is 22.4 Å². The molecular formula is C63H37N5S2. The van der Waals surface area contributed by atoms with E-state index in [1.165, 1.54) is 45.9 Å².